The van der Waals surface area contributed by atoms with Crippen LogP contribution in [0.5, 0.6) is 0 Å². The van der Waals surface area contributed by atoms with Crippen molar-refractivity contribution < 1.29 is 22.3 Å². The van der Waals surface area contributed by atoms with Gasteiger partial charge >= 0.3 is 6.43 Å². The molecule has 1 atom stereocenters. The fourth-order valence-electron chi connectivity index (χ4n) is 2.26. The normalized spacial score (nSPS) is 12.3. The van der Waals surface area contributed by atoms with Gasteiger partial charge in [0.2, 0.25) is 5.95 Å². The average molecular weight is 379 g/mol. The van der Waals surface area contributed by atoms with Gasteiger partial charge in [-0.05, 0) is 24.6 Å². The minimum atomic E-state index is -2.84. The zero-order valence-corrected chi connectivity index (χ0v) is 14.3. The molecule has 3 aromatic rings. The average Bonchev–Trinajstić information content (AvgIpc) is 3.17. The SMILES string of the molecule is CCOCC(Nc1ncc(-c2nnc(C(F)F)o2)cn1)c1ccc(F)cc1. The zero-order chi connectivity index (χ0) is 19.2. The molecule has 0 aliphatic carbocycles. The van der Waals surface area contributed by atoms with Gasteiger partial charge < -0.3 is 14.5 Å². The molecule has 0 radical (unpaired) electrons. The number of anilines is 1. The van der Waals surface area contributed by atoms with E-state index in [1.54, 1.807) is 12.1 Å². The van der Waals surface area contributed by atoms with E-state index in [0.717, 1.165) is 5.56 Å². The summed E-state index contributed by atoms with van der Waals surface area (Å²) in [5.41, 5.74) is 1.11. The van der Waals surface area contributed by atoms with E-state index < -0.39 is 12.3 Å². The van der Waals surface area contributed by atoms with Gasteiger partial charge in [-0.2, -0.15) is 8.78 Å². The molecule has 0 bridgehead atoms. The Hall–Kier alpha value is -3.01. The topological polar surface area (TPSA) is 86.0 Å². The maximum Gasteiger partial charge on any atom is 0.314 e. The van der Waals surface area contributed by atoms with Gasteiger partial charge in [0.15, 0.2) is 0 Å². The molecule has 1 unspecified atom stereocenters. The first kappa shape index (κ1) is 18.8. The lowest BCUT2D eigenvalue weighted by atomic mass is 10.1. The molecule has 1 aromatic carbocycles. The van der Waals surface area contributed by atoms with E-state index in [4.69, 9.17) is 9.15 Å². The molecule has 1 N–H and O–H groups in total. The number of rotatable bonds is 8. The van der Waals surface area contributed by atoms with E-state index in [2.05, 4.69) is 25.5 Å². The van der Waals surface area contributed by atoms with Crippen molar-refractivity contribution in [2.24, 2.45) is 0 Å². The van der Waals surface area contributed by atoms with E-state index in [9.17, 15) is 13.2 Å². The number of nitrogens with one attached hydrogen (secondary N) is 1. The lowest BCUT2D eigenvalue weighted by Gasteiger charge is -2.19. The van der Waals surface area contributed by atoms with E-state index in [1.165, 1.54) is 24.5 Å². The molecule has 0 amide bonds. The third-order valence-electron chi connectivity index (χ3n) is 3.59. The number of benzene rings is 1. The standard InChI is InChI=1S/C17H16F3N5O2/c1-2-26-9-13(10-3-5-12(18)6-4-10)23-17-21-7-11(8-22-17)15-24-25-16(27-15)14(19)20/h3-8,13-14H,2,9H2,1H3,(H,21,22,23). The molecule has 7 nitrogen and oxygen atoms in total. The molecule has 0 saturated carbocycles. The summed E-state index contributed by atoms with van der Waals surface area (Å²) in [6.07, 6.45) is -0.0933. The lowest BCUT2D eigenvalue weighted by Crippen LogP contribution is -2.18. The first-order chi connectivity index (χ1) is 13.1. The second kappa shape index (κ2) is 8.58. The molecule has 10 heteroatoms. The molecule has 0 spiro atoms. The first-order valence-electron chi connectivity index (χ1n) is 8.10. The fourth-order valence-corrected chi connectivity index (χ4v) is 2.26. The summed E-state index contributed by atoms with van der Waals surface area (Å²) in [6, 6.07) is 5.70. The largest absolute Gasteiger partial charge is 0.415 e. The molecule has 0 saturated heterocycles. The van der Waals surface area contributed by atoms with Gasteiger partial charge in [0.25, 0.3) is 11.8 Å². The van der Waals surface area contributed by atoms with Crippen LogP contribution in [0.25, 0.3) is 11.5 Å². The summed E-state index contributed by atoms with van der Waals surface area (Å²) in [5.74, 6) is -0.917. The Morgan fingerprint density at radius 3 is 2.41 bits per heavy atom. The monoisotopic (exact) mass is 379 g/mol. The van der Waals surface area contributed by atoms with Gasteiger partial charge in [0, 0.05) is 19.0 Å². The van der Waals surface area contributed by atoms with Crippen LogP contribution in [0.4, 0.5) is 19.1 Å². The summed E-state index contributed by atoms with van der Waals surface area (Å²) in [6.45, 7) is 2.71. The number of aromatic nitrogens is 4. The van der Waals surface area contributed by atoms with Crippen molar-refractivity contribution in [3.63, 3.8) is 0 Å². The molecular formula is C17H16F3N5O2. The number of hydrogen-bond acceptors (Lipinski definition) is 7. The van der Waals surface area contributed by atoms with Crippen LogP contribution in [0.2, 0.25) is 0 Å². The summed E-state index contributed by atoms with van der Waals surface area (Å²) in [5, 5.41) is 9.90. The van der Waals surface area contributed by atoms with E-state index in [-0.39, 0.29) is 23.7 Å². The van der Waals surface area contributed by atoms with Gasteiger partial charge in [-0.15, -0.1) is 10.2 Å². The minimum Gasteiger partial charge on any atom is -0.415 e. The maximum atomic E-state index is 13.1. The third-order valence-corrected chi connectivity index (χ3v) is 3.59. The van der Waals surface area contributed by atoms with Gasteiger partial charge in [0.1, 0.15) is 5.82 Å². The van der Waals surface area contributed by atoms with Crippen LogP contribution >= 0.6 is 0 Å². The minimum absolute atomic E-state index is 0.0961. The van der Waals surface area contributed by atoms with Crippen LogP contribution < -0.4 is 5.32 Å². The van der Waals surface area contributed by atoms with Crippen LogP contribution in [-0.4, -0.2) is 33.4 Å². The van der Waals surface area contributed by atoms with Crippen LogP contribution in [0, 0.1) is 5.82 Å². The molecule has 0 aliphatic rings. The van der Waals surface area contributed by atoms with Crippen molar-refractivity contribution >= 4 is 5.95 Å². The van der Waals surface area contributed by atoms with Crippen molar-refractivity contribution in [3.05, 3.63) is 53.9 Å². The van der Waals surface area contributed by atoms with Gasteiger partial charge in [0.05, 0.1) is 18.2 Å². The quantitative estimate of drug-likeness (QED) is 0.637. The van der Waals surface area contributed by atoms with Crippen LogP contribution in [0.1, 0.15) is 30.8 Å². The first-order valence-corrected chi connectivity index (χ1v) is 8.10. The Labute approximate surface area is 152 Å². The number of alkyl halides is 2. The molecule has 142 valence electrons. The van der Waals surface area contributed by atoms with Crippen LogP contribution in [0.3, 0.4) is 0 Å². The number of hydrogen-bond donors (Lipinski definition) is 1. The number of nitrogens with zero attached hydrogens (tertiary/aromatic N) is 4. The van der Waals surface area contributed by atoms with Crippen molar-refractivity contribution in [2.45, 2.75) is 19.4 Å². The van der Waals surface area contributed by atoms with Crippen molar-refractivity contribution in [2.75, 3.05) is 18.5 Å². The predicted octanol–water partition coefficient (Wildman–Crippen LogP) is 3.79. The third kappa shape index (κ3) is 4.79. The van der Waals surface area contributed by atoms with Crippen molar-refractivity contribution in [3.8, 4) is 11.5 Å². The zero-order valence-electron chi connectivity index (χ0n) is 14.3. The summed E-state index contributed by atoms with van der Waals surface area (Å²) >= 11 is 0. The summed E-state index contributed by atoms with van der Waals surface area (Å²) < 4.78 is 48.5. The highest BCUT2D eigenvalue weighted by atomic mass is 19.3. The summed E-state index contributed by atoms with van der Waals surface area (Å²) in [4.78, 5) is 8.27. The van der Waals surface area contributed by atoms with E-state index >= 15 is 0 Å². The molecule has 0 aliphatic heterocycles. The Bertz CT molecular complexity index is 856. The molecule has 0 fully saturated rings. The highest BCUT2D eigenvalue weighted by Gasteiger charge is 2.18. The van der Waals surface area contributed by atoms with Crippen LogP contribution in [0.15, 0.2) is 41.1 Å². The maximum absolute atomic E-state index is 13.1. The molecule has 2 heterocycles. The molecule has 27 heavy (non-hydrogen) atoms. The fraction of sp³-hybridized carbons (Fsp3) is 0.294. The van der Waals surface area contributed by atoms with Gasteiger partial charge in [-0.25, -0.2) is 14.4 Å². The van der Waals surface area contributed by atoms with Gasteiger partial charge in [-0.3, -0.25) is 0 Å². The Balaban J connectivity index is 1.74. The van der Waals surface area contributed by atoms with Crippen molar-refractivity contribution in [1.29, 1.82) is 0 Å². The van der Waals surface area contributed by atoms with E-state index in [1.807, 2.05) is 6.92 Å². The smallest absolute Gasteiger partial charge is 0.314 e. The highest BCUT2D eigenvalue weighted by Crippen LogP contribution is 2.23. The highest BCUT2D eigenvalue weighted by molar-refractivity contribution is 5.50. The van der Waals surface area contributed by atoms with Crippen molar-refractivity contribution in [1.82, 2.24) is 20.2 Å². The Morgan fingerprint density at radius 2 is 1.81 bits per heavy atom. The van der Waals surface area contributed by atoms with Gasteiger partial charge in [-0.1, -0.05) is 12.1 Å². The Kier molecular flexibility index (Phi) is 5.97. The van der Waals surface area contributed by atoms with Crippen LogP contribution in [-0.2, 0) is 4.74 Å². The predicted molar refractivity (Wildman–Crippen MR) is 89.5 cm³/mol. The lowest BCUT2D eigenvalue weighted by molar-refractivity contribution is 0.116. The molecule has 3 rings (SSSR count). The second-order valence-electron chi connectivity index (χ2n) is 5.45. The second-order valence-corrected chi connectivity index (χ2v) is 5.45. The number of halogens is 3. The van der Waals surface area contributed by atoms with E-state index in [0.29, 0.717) is 18.8 Å². The molecule has 2 aromatic heterocycles. The molecular weight excluding hydrogens is 363 g/mol. The summed E-state index contributed by atoms with van der Waals surface area (Å²) in [7, 11) is 0. The Morgan fingerprint density at radius 1 is 1.11 bits per heavy atom. The number of ether oxygens (including phenoxy) is 1.